The molecule has 0 aliphatic carbocycles. The van der Waals surface area contributed by atoms with Gasteiger partial charge in [0.1, 0.15) is 0 Å². The van der Waals surface area contributed by atoms with Gasteiger partial charge >= 0.3 is 0 Å². The summed E-state index contributed by atoms with van der Waals surface area (Å²) in [6.07, 6.45) is -0.512. The molecule has 4 heteroatoms. The van der Waals surface area contributed by atoms with Gasteiger partial charge in [0.25, 0.3) is 0 Å². The molecule has 86 valence electrons. The molecule has 0 saturated heterocycles. The lowest BCUT2D eigenvalue weighted by molar-refractivity contribution is 0.133. The Morgan fingerprint density at radius 3 is 2.56 bits per heavy atom. The van der Waals surface area contributed by atoms with E-state index < -0.39 is 11.6 Å². The van der Waals surface area contributed by atoms with Crippen molar-refractivity contribution in [2.75, 3.05) is 11.1 Å². The van der Waals surface area contributed by atoms with Crippen molar-refractivity contribution in [3.05, 3.63) is 23.8 Å². The monoisotopic (exact) mass is 219 g/mol. The van der Waals surface area contributed by atoms with Gasteiger partial charge in [0, 0.05) is 0 Å². The van der Waals surface area contributed by atoms with Crippen molar-refractivity contribution >= 4 is 11.4 Å². The number of aliphatic hydroxyl groups excluding tert-OH is 1. The number of nitrogen functional groups attached to an aromatic ring is 1. The quantitative estimate of drug-likeness (QED) is 0.676. The third-order valence-electron chi connectivity index (χ3n) is 2.68. The highest BCUT2D eigenvalue weighted by molar-refractivity contribution is 5.69. The summed E-state index contributed by atoms with van der Waals surface area (Å²) in [5.41, 5.74) is 7.10. The topological polar surface area (TPSA) is 82.1 Å². The van der Waals surface area contributed by atoms with Crippen molar-refractivity contribution < 1.29 is 5.11 Å². The Hall–Kier alpha value is -1.73. The van der Waals surface area contributed by atoms with E-state index in [1.807, 2.05) is 19.9 Å². The van der Waals surface area contributed by atoms with E-state index in [0.717, 1.165) is 5.69 Å². The Kier molecular flexibility index (Phi) is 3.41. The van der Waals surface area contributed by atoms with Crippen LogP contribution < -0.4 is 11.1 Å². The van der Waals surface area contributed by atoms with Crippen molar-refractivity contribution in [1.82, 2.24) is 0 Å². The smallest absolute Gasteiger partial charge is 0.0992 e. The van der Waals surface area contributed by atoms with E-state index >= 15 is 0 Å². The van der Waals surface area contributed by atoms with Crippen LogP contribution in [0.5, 0.6) is 0 Å². The second kappa shape index (κ2) is 4.42. The number of rotatable bonds is 3. The molecular formula is C12H17N3O. The van der Waals surface area contributed by atoms with Gasteiger partial charge in [-0.1, -0.05) is 0 Å². The molecule has 0 spiro atoms. The van der Waals surface area contributed by atoms with Crippen molar-refractivity contribution in [3.8, 4) is 6.07 Å². The maximum atomic E-state index is 9.58. The Morgan fingerprint density at radius 2 is 2.12 bits per heavy atom. The molecule has 1 aromatic carbocycles. The second-order valence-electron chi connectivity index (χ2n) is 4.44. The van der Waals surface area contributed by atoms with E-state index in [1.165, 1.54) is 0 Å². The van der Waals surface area contributed by atoms with Crippen LogP contribution in [0.1, 0.15) is 26.3 Å². The van der Waals surface area contributed by atoms with Crippen LogP contribution in [-0.4, -0.2) is 16.7 Å². The first kappa shape index (κ1) is 12.3. The van der Waals surface area contributed by atoms with Crippen molar-refractivity contribution in [2.24, 2.45) is 0 Å². The number of hydrogen-bond acceptors (Lipinski definition) is 4. The fourth-order valence-electron chi connectivity index (χ4n) is 1.20. The van der Waals surface area contributed by atoms with E-state index in [2.05, 4.69) is 5.32 Å². The molecule has 4 nitrogen and oxygen atoms in total. The lowest BCUT2D eigenvalue weighted by Crippen LogP contribution is -2.42. The first-order chi connectivity index (χ1) is 7.36. The van der Waals surface area contributed by atoms with Gasteiger partial charge < -0.3 is 16.2 Å². The zero-order valence-corrected chi connectivity index (χ0v) is 9.78. The number of benzene rings is 1. The second-order valence-corrected chi connectivity index (χ2v) is 4.44. The summed E-state index contributed by atoms with van der Waals surface area (Å²) in [7, 11) is 0. The van der Waals surface area contributed by atoms with Crippen molar-refractivity contribution in [3.63, 3.8) is 0 Å². The maximum Gasteiger partial charge on any atom is 0.0992 e. The number of anilines is 2. The van der Waals surface area contributed by atoms with Gasteiger partial charge in [0.2, 0.25) is 0 Å². The van der Waals surface area contributed by atoms with Crippen LogP contribution in [0.2, 0.25) is 0 Å². The molecule has 1 aromatic rings. The molecule has 0 aromatic heterocycles. The lowest BCUT2D eigenvalue weighted by atomic mass is 9.98. The van der Waals surface area contributed by atoms with Gasteiger partial charge in [0.05, 0.1) is 34.7 Å². The first-order valence-corrected chi connectivity index (χ1v) is 5.12. The van der Waals surface area contributed by atoms with E-state index in [4.69, 9.17) is 11.0 Å². The summed E-state index contributed by atoms with van der Waals surface area (Å²) in [6, 6.07) is 7.07. The summed E-state index contributed by atoms with van der Waals surface area (Å²) in [5.74, 6) is 0. The Labute approximate surface area is 95.7 Å². The predicted octanol–water partition coefficient (Wildman–Crippen LogP) is 1.71. The van der Waals surface area contributed by atoms with Crippen LogP contribution in [0.4, 0.5) is 11.4 Å². The highest BCUT2D eigenvalue weighted by Gasteiger charge is 2.24. The minimum absolute atomic E-state index is 0.470. The minimum Gasteiger partial charge on any atom is -0.397 e. The molecule has 0 heterocycles. The van der Waals surface area contributed by atoms with Crippen molar-refractivity contribution in [1.29, 1.82) is 5.26 Å². The third kappa shape index (κ3) is 2.65. The number of hydrogen-bond donors (Lipinski definition) is 3. The van der Waals surface area contributed by atoms with Gasteiger partial charge in [-0.05, 0) is 39.0 Å². The lowest BCUT2D eigenvalue weighted by Gasteiger charge is -2.31. The van der Waals surface area contributed by atoms with E-state index in [0.29, 0.717) is 11.3 Å². The van der Waals surface area contributed by atoms with Crippen LogP contribution in [0.15, 0.2) is 18.2 Å². The van der Waals surface area contributed by atoms with Crippen LogP contribution in [0, 0.1) is 11.3 Å². The molecule has 0 radical (unpaired) electrons. The Balaban J connectivity index is 2.95. The molecule has 0 amide bonds. The highest BCUT2D eigenvalue weighted by Crippen LogP contribution is 2.24. The summed E-state index contributed by atoms with van der Waals surface area (Å²) in [4.78, 5) is 0. The van der Waals surface area contributed by atoms with E-state index in [1.54, 1.807) is 25.1 Å². The fraction of sp³-hybridized carbons (Fsp3) is 0.417. The zero-order chi connectivity index (χ0) is 12.3. The molecule has 0 saturated carbocycles. The van der Waals surface area contributed by atoms with E-state index in [9.17, 15) is 5.11 Å². The maximum absolute atomic E-state index is 9.58. The van der Waals surface area contributed by atoms with Crippen LogP contribution in [0.3, 0.4) is 0 Å². The average molecular weight is 219 g/mol. The molecule has 0 aliphatic heterocycles. The fourth-order valence-corrected chi connectivity index (χ4v) is 1.20. The number of nitrogens with zero attached hydrogens (tertiary/aromatic N) is 1. The van der Waals surface area contributed by atoms with Gasteiger partial charge in [-0.3, -0.25) is 0 Å². The first-order valence-electron chi connectivity index (χ1n) is 5.12. The van der Waals surface area contributed by atoms with Gasteiger partial charge in [0.15, 0.2) is 0 Å². The molecular weight excluding hydrogens is 202 g/mol. The summed E-state index contributed by atoms with van der Waals surface area (Å²) >= 11 is 0. The highest BCUT2D eigenvalue weighted by atomic mass is 16.3. The zero-order valence-electron chi connectivity index (χ0n) is 9.78. The van der Waals surface area contributed by atoms with Crippen LogP contribution >= 0.6 is 0 Å². The number of nitrogens with two attached hydrogens (primary N) is 1. The van der Waals surface area contributed by atoms with Crippen LogP contribution in [0.25, 0.3) is 0 Å². The Morgan fingerprint density at radius 1 is 1.50 bits per heavy atom. The summed E-state index contributed by atoms with van der Waals surface area (Å²) < 4.78 is 0. The minimum atomic E-state index is -0.512. The summed E-state index contributed by atoms with van der Waals surface area (Å²) in [5, 5.41) is 21.4. The molecule has 4 N–H and O–H groups in total. The molecule has 16 heavy (non-hydrogen) atoms. The predicted molar refractivity (Wildman–Crippen MR) is 65.0 cm³/mol. The van der Waals surface area contributed by atoms with Crippen LogP contribution in [-0.2, 0) is 0 Å². The average Bonchev–Trinajstić information content (AvgIpc) is 2.20. The standard InChI is InChI=1S/C12H17N3O/c1-8(16)12(2,3)15-11-5-4-9(7-13)6-10(11)14/h4-6,8,15-16H,14H2,1-3H3. The normalized spacial score (nSPS) is 12.9. The summed E-state index contributed by atoms with van der Waals surface area (Å²) in [6.45, 7) is 5.48. The van der Waals surface area contributed by atoms with Crippen molar-refractivity contribution in [2.45, 2.75) is 32.4 Å². The number of nitrogens with one attached hydrogen (secondary N) is 1. The third-order valence-corrected chi connectivity index (χ3v) is 2.68. The molecule has 1 rings (SSSR count). The molecule has 0 aliphatic rings. The molecule has 0 fully saturated rings. The number of aliphatic hydroxyl groups is 1. The van der Waals surface area contributed by atoms with Gasteiger partial charge in [-0.15, -0.1) is 0 Å². The molecule has 1 atom stereocenters. The molecule has 1 unspecified atom stereocenters. The number of nitriles is 1. The van der Waals surface area contributed by atoms with E-state index in [-0.39, 0.29) is 0 Å². The largest absolute Gasteiger partial charge is 0.397 e. The van der Waals surface area contributed by atoms with Gasteiger partial charge in [-0.25, -0.2) is 0 Å². The van der Waals surface area contributed by atoms with Gasteiger partial charge in [-0.2, -0.15) is 5.26 Å². The molecule has 0 bridgehead atoms. The Bertz CT molecular complexity index is 419. The SMILES string of the molecule is CC(O)C(C)(C)Nc1ccc(C#N)cc1N.